The minimum atomic E-state index is -0.204. The van der Waals surface area contributed by atoms with E-state index in [0.29, 0.717) is 5.92 Å². The summed E-state index contributed by atoms with van der Waals surface area (Å²) in [5.41, 5.74) is 5.82. The highest BCUT2D eigenvalue weighted by atomic mass is 16.1. The molecule has 1 saturated carbocycles. The summed E-state index contributed by atoms with van der Waals surface area (Å²) in [5, 5.41) is 7.16. The van der Waals surface area contributed by atoms with Gasteiger partial charge in [-0.2, -0.15) is 0 Å². The van der Waals surface area contributed by atoms with Gasteiger partial charge >= 0.3 is 0 Å². The predicted octanol–water partition coefficient (Wildman–Crippen LogP) is 0.712. The first-order valence-electron chi connectivity index (χ1n) is 5.12. The first-order chi connectivity index (χ1) is 7.18. The first-order valence-corrected chi connectivity index (χ1v) is 5.12. The van der Waals surface area contributed by atoms with Crippen LogP contribution in [-0.2, 0) is 0 Å². The van der Waals surface area contributed by atoms with Gasteiger partial charge in [-0.1, -0.05) is 12.8 Å². The summed E-state index contributed by atoms with van der Waals surface area (Å²) in [7, 11) is 0. The normalized spacial score (nSPS) is 16.8. The van der Waals surface area contributed by atoms with Gasteiger partial charge in [0.1, 0.15) is 0 Å². The summed E-state index contributed by atoms with van der Waals surface area (Å²) >= 11 is 0. The van der Waals surface area contributed by atoms with Gasteiger partial charge in [0.05, 0.1) is 0 Å². The number of amidine groups is 1. The molecule has 0 radical (unpaired) electrons. The number of nitrogens with zero attached hydrogens (tertiary/aromatic N) is 1. The molecule has 1 aliphatic carbocycles. The molecule has 1 aromatic heterocycles. The Morgan fingerprint density at radius 2 is 2.20 bits per heavy atom. The van der Waals surface area contributed by atoms with Gasteiger partial charge in [0.15, 0.2) is 11.7 Å². The summed E-state index contributed by atoms with van der Waals surface area (Å²) in [5.74, 6) is 0.286. The number of aromatic amines is 1. The molecule has 0 saturated heterocycles. The van der Waals surface area contributed by atoms with Crippen LogP contribution in [0.15, 0.2) is 11.0 Å². The molecule has 5 heteroatoms. The van der Waals surface area contributed by atoms with E-state index in [4.69, 9.17) is 11.1 Å². The summed E-state index contributed by atoms with van der Waals surface area (Å²) in [6.07, 6.45) is 6.04. The fourth-order valence-electron chi connectivity index (χ4n) is 2.07. The summed E-state index contributed by atoms with van der Waals surface area (Å²) < 4.78 is 0. The number of hydrogen-bond acceptors (Lipinski definition) is 3. The molecular weight excluding hydrogens is 192 g/mol. The average Bonchev–Trinajstić information content (AvgIpc) is 2.70. The highest BCUT2D eigenvalue weighted by molar-refractivity contribution is 5.90. The van der Waals surface area contributed by atoms with Gasteiger partial charge in [-0.05, 0) is 18.8 Å². The molecule has 1 aromatic rings. The Labute approximate surface area is 87.2 Å². The van der Waals surface area contributed by atoms with Crippen LogP contribution in [-0.4, -0.2) is 15.8 Å². The fourth-order valence-corrected chi connectivity index (χ4v) is 2.07. The smallest absolute Gasteiger partial charge is 0.254 e. The van der Waals surface area contributed by atoms with Gasteiger partial charge in [0.2, 0.25) is 0 Å². The molecule has 15 heavy (non-hydrogen) atoms. The van der Waals surface area contributed by atoms with E-state index >= 15 is 0 Å². The van der Waals surface area contributed by atoms with Crippen molar-refractivity contribution in [2.45, 2.75) is 31.6 Å². The van der Waals surface area contributed by atoms with E-state index in [1.165, 1.54) is 12.8 Å². The number of aromatic nitrogens is 2. The molecule has 1 fully saturated rings. The van der Waals surface area contributed by atoms with Gasteiger partial charge in [0.25, 0.3) is 5.56 Å². The molecule has 1 aliphatic rings. The second-order valence-corrected chi connectivity index (χ2v) is 3.91. The minimum absolute atomic E-state index is 0.151. The van der Waals surface area contributed by atoms with Crippen molar-refractivity contribution in [1.29, 1.82) is 5.41 Å². The van der Waals surface area contributed by atoms with Crippen molar-refractivity contribution >= 4 is 5.84 Å². The number of rotatable bonds is 2. The quantitative estimate of drug-likeness (QED) is 0.491. The van der Waals surface area contributed by atoms with E-state index in [2.05, 4.69) is 9.97 Å². The lowest BCUT2D eigenvalue weighted by Crippen LogP contribution is -2.24. The lowest BCUT2D eigenvalue weighted by atomic mass is 10.0. The van der Waals surface area contributed by atoms with Crippen LogP contribution >= 0.6 is 0 Å². The molecule has 0 aliphatic heterocycles. The van der Waals surface area contributed by atoms with E-state index in [1.54, 1.807) is 6.20 Å². The van der Waals surface area contributed by atoms with Crippen molar-refractivity contribution in [2.24, 2.45) is 5.73 Å². The minimum Gasteiger partial charge on any atom is -0.381 e. The van der Waals surface area contributed by atoms with Crippen LogP contribution in [0.4, 0.5) is 0 Å². The lowest BCUT2D eigenvalue weighted by Gasteiger charge is -2.07. The van der Waals surface area contributed by atoms with E-state index in [0.717, 1.165) is 18.4 Å². The fraction of sp³-hybridized carbons (Fsp3) is 0.500. The second-order valence-electron chi connectivity index (χ2n) is 3.91. The zero-order valence-electron chi connectivity index (χ0n) is 8.42. The third-order valence-corrected chi connectivity index (χ3v) is 2.88. The number of nitrogens with one attached hydrogen (secondary N) is 2. The van der Waals surface area contributed by atoms with Crippen LogP contribution < -0.4 is 11.3 Å². The molecule has 1 heterocycles. The summed E-state index contributed by atoms with van der Waals surface area (Å²) in [6.45, 7) is 0. The zero-order valence-corrected chi connectivity index (χ0v) is 8.42. The number of nitrogens with two attached hydrogens (primary N) is 1. The average molecular weight is 206 g/mol. The largest absolute Gasteiger partial charge is 0.381 e. The maximum atomic E-state index is 11.7. The summed E-state index contributed by atoms with van der Waals surface area (Å²) in [6, 6.07) is 0. The van der Waals surface area contributed by atoms with Crippen molar-refractivity contribution < 1.29 is 0 Å². The Balaban J connectivity index is 2.34. The second kappa shape index (κ2) is 3.84. The summed E-state index contributed by atoms with van der Waals surface area (Å²) in [4.78, 5) is 18.2. The first kappa shape index (κ1) is 9.89. The third kappa shape index (κ3) is 1.91. The topological polar surface area (TPSA) is 95.6 Å². The maximum absolute atomic E-state index is 11.7. The van der Waals surface area contributed by atoms with Crippen LogP contribution in [0.3, 0.4) is 0 Å². The maximum Gasteiger partial charge on any atom is 0.254 e. The Hall–Kier alpha value is -1.65. The van der Waals surface area contributed by atoms with Crippen LogP contribution in [0.1, 0.15) is 43.0 Å². The van der Waals surface area contributed by atoms with Crippen molar-refractivity contribution in [3.63, 3.8) is 0 Å². The molecule has 0 unspecified atom stereocenters. The van der Waals surface area contributed by atoms with E-state index in [9.17, 15) is 4.79 Å². The van der Waals surface area contributed by atoms with Crippen LogP contribution in [0, 0.1) is 5.41 Å². The molecule has 0 atom stereocenters. The van der Waals surface area contributed by atoms with Crippen molar-refractivity contribution in [3.05, 3.63) is 27.9 Å². The molecule has 80 valence electrons. The highest BCUT2D eigenvalue weighted by Crippen LogP contribution is 2.31. The van der Waals surface area contributed by atoms with Crippen LogP contribution in [0.5, 0.6) is 0 Å². The standard InChI is InChI=1S/C10H14N4O/c11-8(12)9-13-5-7(10(15)14-9)6-3-1-2-4-6/h5-6H,1-4H2,(H3,11,12)(H,13,14,15). The predicted molar refractivity (Wildman–Crippen MR) is 57.1 cm³/mol. The molecular formula is C10H14N4O. The Morgan fingerprint density at radius 1 is 1.53 bits per heavy atom. The number of nitrogen functional groups attached to an aromatic ring is 1. The molecule has 5 nitrogen and oxygen atoms in total. The third-order valence-electron chi connectivity index (χ3n) is 2.88. The van der Waals surface area contributed by atoms with Crippen LogP contribution in [0.2, 0.25) is 0 Å². The Bertz CT molecular complexity index is 431. The monoisotopic (exact) mass is 206 g/mol. The Morgan fingerprint density at radius 3 is 2.73 bits per heavy atom. The number of hydrogen-bond donors (Lipinski definition) is 3. The SMILES string of the molecule is N=C(N)c1ncc(C2CCCC2)c(=O)[nH]1. The Kier molecular flexibility index (Phi) is 2.53. The molecule has 0 amide bonds. The van der Waals surface area contributed by atoms with E-state index < -0.39 is 0 Å². The van der Waals surface area contributed by atoms with E-state index in [-0.39, 0.29) is 17.2 Å². The van der Waals surface area contributed by atoms with Crippen LogP contribution in [0.25, 0.3) is 0 Å². The van der Waals surface area contributed by atoms with Gasteiger partial charge in [-0.15, -0.1) is 0 Å². The molecule has 4 N–H and O–H groups in total. The molecule has 0 spiro atoms. The van der Waals surface area contributed by atoms with Gasteiger partial charge in [0, 0.05) is 11.8 Å². The molecule has 0 aromatic carbocycles. The van der Waals surface area contributed by atoms with Crippen molar-refractivity contribution in [2.75, 3.05) is 0 Å². The van der Waals surface area contributed by atoms with Gasteiger partial charge in [-0.3, -0.25) is 10.2 Å². The van der Waals surface area contributed by atoms with Gasteiger partial charge in [-0.25, -0.2) is 4.98 Å². The van der Waals surface area contributed by atoms with Crippen molar-refractivity contribution in [3.8, 4) is 0 Å². The lowest BCUT2D eigenvalue weighted by molar-refractivity contribution is 0.704. The van der Waals surface area contributed by atoms with E-state index in [1.807, 2.05) is 0 Å². The highest BCUT2D eigenvalue weighted by Gasteiger charge is 2.20. The number of H-pyrrole nitrogens is 1. The molecule has 2 rings (SSSR count). The van der Waals surface area contributed by atoms with Crippen molar-refractivity contribution in [1.82, 2.24) is 9.97 Å². The molecule has 0 bridgehead atoms. The zero-order chi connectivity index (χ0) is 10.8. The van der Waals surface area contributed by atoms with Gasteiger partial charge < -0.3 is 10.7 Å².